The number of non-ortho nitro benzene ring substituents is 1. The summed E-state index contributed by atoms with van der Waals surface area (Å²) in [5, 5.41) is 13.4. The zero-order valence-electron chi connectivity index (χ0n) is 10.8. The van der Waals surface area contributed by atoms with Gasteiger partial charge < -0.3 is 10.1 Å². The number of nitrogens with one attached hydrogen (secondary N) is 1. The predicted octanol–water partition coefficient (Wildman–Crippen LogP) is 3.22. The van der Waals surface area contributed by atoms with E-state index in [1.807, 2.05) is 18.2 Å². The van der Waals surface area contributed by atoms with Gasteiger partial charge in [-0.1, -0.05) is 18.2 Å². The minimum Gasteiger partial charge on any atom is -0.484 e. The van der Waals surface area contributed by atoms with Crippen LogP contribution in [0.2, 0.25) is 0 Å². The molecule has 0 aliphatic rings. The molecule has 2 aromatic rings. The molecule has 0 aliphatic heterocycles. The SMILES string of the molecule is O=C(COc1cccc([N+](=O)[O-])c1)Nc1ccccc1I. The van der Waals surface area contributed by atoms with E-state index in [9.17, 15) is 14.9 Å². The summed E-state index contributed by atoms with van der Waals surface area (Å²) >= 11 is 2.11. The lowest BCUT2D eigenvalue weighted by Gasteiger charge is -2.08. The van der Waals surface area contributed by atoms with Gasteiger partial charge >= 0.3 is 0 Å². The van der Waals surface area contributed by atoms with Crippen LogP contribution >= 0.6 is 22.6 Å². The summed E-state index contributed by atoms with van der Waals surface area (Å²) in [6.45, 7) is -0.216. The van der Waals surface area contributed by atoms with Crippen LogP contribution in [0.25, 0.3) is 0 Å². The van der Waals surface area contributed by atoms with Crippen molar-refractivity contribution in [2.75, 3.05) is 11.9 Å². The molecule has 1 N–H and O–H groups in total. The van der Waals surface area contributed by atoms with Crippen molar-refractivity contribution in [3.05, 3.63) is 62.2 Å². The third kappa shape index (κ3) is 4.42. The summed E-state index contributed by atoms with van der Waals surface area (Å²) in [5.41, 5.74) is 0.622. The number of nitrogens with zero attached hydrogens (tertiary/aromatic N) is 1. The van der Waals surface area contributed by atoms with Crippen molar-refractivity contribution in [1.29, 1.82) is 0 Å². The van der Waals surface area contributed by atoms with E-state index < -0.39 is 4.92 Å². The fourth-order valence-corrected chi connectivity index (χ4v) is 2.11. The molecule has 6 nitrogen and oxygen atoms in total. The Bertz CT molecular complexity index is 676. The second kappa shape index (κ2) is 7.02. The first-order chi connectivity index (χ1) is 10.1. The van der Waals surface area contributed by atoms with Crippen molar-refractivity contribution in [3.8, 4) is 5.75 Å². The molecule has 0 unspecified atom stereocenters. The van der Waals surface area contributed by atoms with Crippen LogP contribution in [-0.4, -0.2) is 17.4 Å². The normalized spacial score (nSPS) is 9.95. The highest BCUT2D eigenvalue weighted by atomic mass is 127. The van der Waals surface area contributed by atoms with Crippen molar-refractivity contribution in [1.82, 2.24) is 0 Å². The van der Waals surface area contributed by atoms with Gasteiger partial charge in [0.2, 0.25) is 0 Å². The first-order valence-corrected chi connectivity index (χ1v) is 7.06. The van der Waals surface area contributed by atoms with Gasteiger partial charge in [-0.3, -0.25) is 14.9 Å². The smallest absolute Gasteiger partial charge is 0.273 e. The lowest BCUT2D eigenvalue weighted by Crippen LogP contribution is -2.20. The topological polar surface area (TPSA) is 81.5 Å². The molecule has 0 saturated carbocycles. The molecule has 0 fully saturated rings. The molecule has 0 heterocycles. The van der Waals surface area contributed by atoms with Gasteiger partial charge in [0.25, 0.3) is 11.6 Å². The molecule has 108 valence electrons. The maximum absolute atomic E-state index is 11.8. The second-order valence-corrected chi connectivity index (χ2v) is 5.23. The molecular weight excluding hydrogens is 387 g/mol. The van der Waals surface area contributed by atoms with Crippen LogP contribution in [0.1, 0.15) is 0 Å². The molecule has 2 aromatic carbocycles. The number of benzene rings is 2. The summed E-state index contributed by atoms with van der Waals surface area (Å²) in [6.07, 6.45) is 0. The lowest BCUT2D eigenvalue weighted by molar-refractivity contribution is -0.384. The Kier molecular flexibility index (Phi) is 5.09. The zero-order valence-corrected chi connectivity index (χ0v) is 12.9. The van der Waals surface area contributed by atoms with Gasteiger partial charge in [0.15, 0.2) is 6.61 Å². The van der Waals surface area contributed by atoms with Crippen molar-refractivity contribution in [3.63, 3.8) is 0 Å². The average molecular weight is 398 g/mol. The van der Waals surface area contributed by atoms with E-state index in [4.69, 9.17) is 4.74 Å². The number of ether oxygens (including phenoxy) is 1. The van der Waals surface area contributed by atoms with Gasteiger partial charge in [0.1, 0.15) is 5.75 Å². The average Bonchev–Trinajstić information content (AvgIpc) is 2.48. The Labute approximate surface area is 134 Å². The van der Waals surface area contributed by atoms with Crippen LogP contribution in [-0.2, 0) is 4.79 Å². The maximum atomic E-state index is 11.8. The van der Waals surface area contributed by atoms with Gasteiger partial charge in [-0.25, -0.2) is 0 Å². The molecule has 0 saturated heterocycles. The number of para-hydroxylation sites is 1. The maximum Gasteiger partial charge on any atom is 0.273 e. The summed E-state index contributed by atoms with van der Waals surface area (Å²) < 4.78 is 6.17. The highest BCUT2D eigenvalue weighted by Crippen LogP contribution is 2.19. The molecule has 0 bridgehead atoms. The number of hydrogen-bond donors (Lipinski definition) is 1. The molecule has 0 atom stereocenters. The number of halogens is 1. The summed E-state index contributed by atoms with van der Waals surface area (Å²) in [6, 6.07) is 13.1. The molecule has 7 heteroatoms. The van der Waals surface area contributed by atoms with Gasteiger partial charge in [-0.2, -0.15) is 0 Å². The van der Waals surface area contributed by atoms with Crippen LogP contribution in [0.4, 0.5) is 11.4 Å². The molecule has 0 spiro atoms. The lowest BCUT2D eigenvalue weighted by atomic mass is 10.3. The van der Waals surface area contributed by atoms with Crippen molar-refractivity contribution in [2.45, 2.75) is 0 Å². The van der Waals surface area contributed by atoms with Crippen LogP contribution < -0.4 is 10.1 Å². The van der Waals surface area contributed by atoms with Gasteiger partial charge in [-0.15, -0.1) is 0 Å². The standard InChI is InChI=1S/C14H11IN2O4/c15-12-6-1-2-7-13(12)16-14(18)9-21-11-5-3-4-10(8-11)17(19)20/h1-8H,9H2,(H,16,18). The summed E-state index contributed by atoms with van der Waals surface area (Å²) in [4.78, 5) is 21.9. The summed E-state index contributed by atoms with van der Waals surface area (Å²) in [5.74, 6) is -0.0484. The predicted molar refractivity (Wildman–Crippen MR) is 86.4 cm³/mol. The Morgan fingerprint density at radius 3 is 2.71 bits per heavy atom. The minimum atomic E-state index is -0.515. The Balaban J connectivity index is 1.94. The molecule has 0 radical (unpaired) electrons. The van der Waals surface area contributed by atoms with E-state index in [0.717, 1.165) is 3.57 Å². The molecule has 1 amide bonds. The van der Waals surface area contributed by atoms with Gasteiger partial charge in [0, 0.05) is 9.64 Å². The zero-order chi connectivity index (χ0) is 15.2. The van der Waals surface area contributed by atoms with Crippen molar-refractivity contribution in [2.24, 2.45) is 0 Å². The van der Waals surface area contributed by atoms with E-state index in [0.29, 0.717) is 5.69 Å². The number of rotatable bonds is 5. The van der Waals surface area contributed by atoms with Crippen molar-refractivity contribution < 1.29 is 14.5 Å². The van der Waals surface area contributed by atoms with Crippen LogP contribution in [0.5, 0.6) is 5.75 Å². The number of carbonyl (C=O) groups excluding carboxylic acids is 1. The van der Waals surface area contributed by atoms with Crippen LogP contribution in [0.3, 0.4) is 0 Å². The number of carbonyl (C=O) groups is 1. The number of anilines is 1. The van der Waals surface area contributed by atoms with Gasteiger partial charge in [0.05, 0.1) is 16.7 Å². The van der Waals surface area contributed by atoms with E-state index in [2.05, 4.69) is 27.9 Å². The summed E-state index contributed by atoms with van der Waals surface area (Å²) in [7, 11) is 0. The highest BCUT2D eigenvalue weighted by Gasteiger charge is 2.09. The molecule has 21 heavy (non-hydrogen) atoms. The molecule has 2 rings (SSSR count). The van der Waals surface area contributed by atoms with E-state index in [1.54, 1.807) is 12.1 Å². The quantitative estimate of drug-likeness (QED) is 0.477. The van der Waals surface area contributed by atoms with E-state index in [1.165, 1.54) is 18.2 Å². The van der Waals surface area contributed by atoms with E-state index in [-0.39, 0.29) is 24.0 Å². The first kappa shape index (κ1) is 15.2. The van der Waals surface area contributed by atoms with Crippen molar-refractivity contribution >= 4 is 39.9 Å². The van der Waals surface area contributed by atoms with Crippen LogP contribution in [0.15, 0.2) is 48.5 Å². The highest BCUT2D eigenvalue weighted by molar-refractivity contribution is 14.1. The number of nitro groups is 1. The minimum absolute atomic E-state index is 0.0782. The number of hydrogen-bond acceptors (Lipinski definition) is 4. The monoisotopic (exact) mass is 398 g/mol. The Morgan fingerprint density at radius 1 is 1.24 bits per heavy atom. The molecular formula is C14H11IN2O4. The Morgan fingerprint density at radius 2 is 2.00 bits per heavy atom. The fraction of sp³-hybridized carbons (Fsp3) is 0.0714. The van der Waals surface area contributed by atoms with Gasteiger partial charge in [-0.05, 0) is 40.8 Å². The molecule has 0 aliphatic carbocycles. The second-order valence-electron chi connectivity index (χ2n) is 4.07. The third-order valence-corrected chi connectivity index (χ3v) is 3.49. The first-order valence-electron chi connectivity index (χ1n) is 5.98. The number of nitro benzene ring substituents is 1. The molecule has 0 aromatic heterocycles. The fourth-order valence-electron chi connectivity index (χ4n) is 1.58. The largest absolute Gasteiger partial charge is 0.484 e. The van der Waals surface area contributed by atoms with Crippen LogP contribution in [0, 0.1) is 13.7 Å². The number of amides is 1. The van der Waals surface area contributed by atoms with E-state index >= 15 is 0 Å². The Hall–Kier alpha value is -2.16. The third-order valence-electron chi connectivity index (χ3n) is 2.55.